The summed E-state index contributed by atoms with van der Waals surface area (Å²) in [5.41, 5.74) is 1.80. The van der Waals surface area contributed by atoms with E-state index in [0.29, 0.717) is 24.4 Å². The van der Waals surface area contributed by atoms with E-state index in [1.807, 2.05) is 12.3 Å². The molecule has 0 spiro atoms. The highest BCUT2D eigenvalue weighted by molar-refractivity contribution is 5.99. The van der Waals surface area contributed by atoms with Crippen LogP contribution < -0.4 is 10.2 Å². The molecule has 156 valence electrons. The molecule has 5 heterocycles. The topological polar surface area (TPSA) is 84.6 Å². The van der Waals surface area contributed by atoms with Crippen molar-refractivity contribution >= 4 is 17.4 Å². The van der Waals surface area contributed by atoms with Crippen molar-refractivity contribution in [2.24, 2.45) is 0 Å². The Kier molecular flexibility index (Phi) is 5.04. The van der Waals surface area contributed by atoms with E-state index in [0.717, 1.165) is 43.6 Å². The lowest BCUT2D eigenvalue weighted by atomic mass is 10.1. The van der Waals surface area contributed by atoms with Gasteiger partial charge in [0, 0.05) is 38.2 Å². The molecule has 8 nitrogen and oxygen atoms in total. The van der Waals surface area contributed by atoms with Crippen LogP contribution in [0, 0.1) is 5.82 Å². The number of carbonyl (C=O) groups excluding carboxylic acids is 1. The van der Waals surface area contributed by atoms with Crippen LogP contribution in [0.25, 0.3) is 5.65 Å². The molecule has 0 radical (unpaired) electrons. The van der Waals surface area contributed by atoms with Crippen LogP contribution in [0.4, 0.5) is 10.2 Å². The predicted molar refractivity (Wildman–Crippen MR) is 108 cm³/mol. The second-order valence-electron chi connectivity index (χ2n) is 7.76. The number of nitrogens with one attached hydrogen (secondary N) is 1. The number of rotatable bonds is 4. The van der Waals surface area contributed by atoms with Crippen molar-refractivity contribution in [3.05, 3.63) is 53.9 Å². The lowest BCUT2D eigenvalue weighted by Gasteiger charge is -2.26. The van der Waals surface area contributed by atoms with Crippen LogP contribution in [-0.2, 0) is 4.74 Å². The first-order valence-electron chi connectivity index (χ1n) is 10.3. The first-order chi connectivity index (χ1) is 14.7. The van der Waals surface area contributed by atoms with Crippen LogP contribution in [0.15, 0.2) is 36.9 Å². The minimum atomic E-state index is -0.342. The number of anilines is 1. The zero-order chi connectivity index (χ0) is 20.5. The molecule has 1 amide bonds. The van der Waals surface area contributed by atoms with Gasteiger partial charge in [0.05, 0.1) is 18.4 Å². The standard InChI is InChI=1S/C21H23FN6O2/c22-15-10-14(11-23-12-15)18-2-1-6-27(18)19-3-7-28-20(26-19)17(13-24-28)21(29)25-16-4-8-30-9-5-16/h3,7,10-13,16,18H,1-2,4-6,8-9H2,(H,25,29). The third kappa shape index (κ3) is 3.60. The van der Waals surface area contributed by atoms with Crippen molar-refractivity contribution in [2.45, 2.75) is 37.8 Å². The van der Waals surface area contributed by atoms with Crippen LogP contribution >= 0.6 is 0 Å². The van der Waals surface area contributed by atoms with Crippen LogP contribution in [-0.4, -0.2) is 51.3 Å². The lowest BCUT2D eigenvalue weighted by molar-refractivity contribution is 0.0697. The van der Waals surface area contributed by atoms with Gasteiger partial charge in [-0.05, 0) is 43.4 Å². The van der Waals surface area contributed by atoms with Crippen LogP contribution in [0.2, 0.25) is 0 Å². The third-order valence-corrected chi connectivity index (χ3v) is 5.81. The Morgan fingerprint density at radius 1 is 1.20 bits per heavy atom. The minimum absolute atomic E-state index is 0.00517. The van der Waals surface area contributed by atoms with Gasteiger partial charge in [0.2, 0.25) is 0 Å². The summed E-state index contributed by atoms with van der Waals surface area (Å²) in [6, 6.07) is 3.52. The molecular formula is C21H23FN6O2. The van der Waals surface area contributed by atoms with Crippen LogP contribution in [0.5, 0.6) is 0 Å². The molecule has 2 saturated heterocycles. The molecule has 2 aliphatic heterocycles. The Morgan fingerprint density at radius 3 is 2.90 bits per heavy atom. The average Bonchev–Trinajstić information content (AvgIpc) is 3.41. The van der Waals surface area contributed by atoms with E-state index < -0.39 is 0 Å². The zero-order valence-corrected chi connectivity index (χ0v) is 16.5. The van der Waals surface area contributed by atoms with Crippen molar-refractivity contribution in [3.8, 4) is 0 Å². The quantitative estimate of drug-likeness (QED) is 0.712. The second kappa shape index (κ2) is 7.98. The Morgan fingerprint density at radius 2 is 2.07 bits per heavy atom. The summed E-state index contributed by atoms with van der Waals surface area (Å²) in [5.74, 6) is 0.231. The molecule has 2 fully saturated rings. The number of nitrogens with zero attached hydrogens (tertiary/aromatic N) is 5. The van der Waals surface area contributed by atoms with Gasteiger partial charge >= 0.3 is 0 Å². The van der Waals surface area contributed by atoms with Gasteiger partial charge in [0.15, 0.2) is 5.65 Å². The molecule has 9 heteroatoms. The highest BCUT2D eigenvalue weighted by Crippen LogP contribution is 2.35. The van der Waals surface area contributed by atoms with Crippen molar-refractivity contribution < 1.29 is 13.9 Å². The number of aromatic nitrogens is 4. The van der Waals surface area contributed by atoms with Gasteiger partial charge in [0.1, 0.15) is 17.2 Å². The van der Waals surface area contributed by atoms with Gasteiger partial charge in [-0.3, -0.25) is 9.78 Å². The molecule has 0 bridgehead atoms. The summed E-state index contributed by atoms with van der Waals surface area (Å²) in [4.78, 5) is 23.7. The summed E-state index contributed by atoms with van der Waals surface area (Å²) in [6.07, 6.45) is 9.76. The summed E-state index contributed by atoms with van der Waals surface area (Å²) in [6.45, 7) is 2.13. The molecule has 1 atom stereocenters. The molecular weight excluding hydrogens is 387 g/mol. The number of hydrogen-bond donors (Lipinski definition) is 1. The fourth-order valence-electron chi connectivity index (χ4n) is 4.28. The molecule has 1 unspecified atom stereocenters. The van der Waals surface area contributed by atoms with E-state index in [1.54, 1.807) is 16.9 Å². The molecule has 0 saturated carbocycles. The largest absolute Gasteiger partial charge is 0.381 e. The lowest BCUT2D eigenvalue weighted by Crippen LogP contribution is -2.38. The maximum Gasteiger partial charge on any atom is 0.256 e. The van der Waals surface area contributed by atoms with Crippen molar-refractivity contribution in [3.63, 3.8) is 0 Å². The smallest absolute Gasteiger partial charge is 0.256 e. The fraction of sp³-hybridized carbons (Fsp3) is 0.429. The van der Waals surface area contributed by atoms with Gasteiger partial charge in [-0.15, -0.1) is 0 Å². The maximum absolute atomic E-state index is 13.7. The Bertz CT molecular complexity index is 1060. The number of fused-ring (bicyclic) bond motifs is 1. The fourth-order valence-corrected chi connectivity index (χ4v) is 4.28. The van der Waals surface area contributed by atoms with E-state index in [4.69, 9.17) is 9.72 Å². The van der Waals surface area contributed by atoms with Crippen molar-refractivity contribution in [1.29, 1.82) is 0 Å². The molecule has 5 rings (SSSR count). The summed E-state index contributed by atoms with van der Waals surface area (Å²) < 4.78 is 20.7. The first kappa shape index (κ1) is 18.9. The monoisotopic (exact) mass is 410 g/mol. The average molecular weight is 410 g/mol. The number of pyridine rings is 1. The van der Waals surface area contributed by atoms with Crippen molar-refractivity contribution in [2.75, 3.05) is 24.7 Å². The third-order valence-electron chi connectivity index (χ3n) is 5.81. The number of hydrogen-bond acceptors (Lipinski definition) is 6. The number of carbonyl (C=O) groups is 1. The zero-order valence-electron chi connectivity index (χ0n) is 16.5. The molecule has 3 aromatic rings. The van der Waals surface area contributed by atoms with Gasteiger partial charge in [-0.1, -0.05) is 0 Å². The highest BCUT2D eigenvalue weighted by atomic mass is 19.1. The van der Waals surface area contributed by atoms with E-state index in [-0.39, 0.29) is 23.8 Å². The van der Waals surface area contributed by atoms with Gasteiger partial charge in [-0.2, -0.15) is 5.10 Å². The number of ether oxygens (including phenoxy) is 1. The number of amides is 1. The maximum atomic E-state index is 13.7. The summed E-state index contributed by atoms with van der Waals surface area (Å²) in [7, 11) is 0. The minimum Gasteiger partial charge on any atom is -0.381 e. The van der Waals surface area contributed by atoms with E-state index in [2.05, 4.69) is 20.3 Å². The molecule has 2 aliphatic rings. The summed E-state index contributed by atoms with van der Waals surface area (Å²) >= 11 is 0. The molecule has 3 aromatic heterocycles. The normalized spacial score (nSPS) is 20.0. The molecule has 30 heavy (non-hydrogen) atoms. The highest BCUT2D eigenvalue weighted by Gasteiger charge is 2.28. The number of halogens is 1. The van der Waals surface area contributed by atoms with E-state index in [9.17, 15) is 9.18 Å². The Labute approximate surface area is 173 Å². The summed E-state index contributed by atoms with van der Waals surface area (Å²) in [5, 5.41) is 7.35. The second-order valence-corrected chi connectivity index (χ2v) is 7.76. The van der Waals surface area contributed by atoms with Crippen LogP contribution in [0.1, 0.15) is 47.6 Å². The van der Waals surface area contributed by atoms with E-state index in [1.165, 1.54) is 12.3 Å². The van der Waals surface area contributed by atoms with Gasteiger partial charge in [-0.25, -0.2) is 13.9 Å². The molecule has 0 aromatic carbocycles. The van der Waals surface area contributed by atoms with Gasteiger partial charge in [0.25, 0.3) is 5.91 Å². The Hall–Kier alpha value is -3.07. The van der Waals surface area contributed by atoms with E-state index >= 15 is 0 Å². The van der Waals surface area contributed by atoms with Crippen molar-refractivity contribution in [1.82, 2.24) is 24.9 Å². The molecule has 1 N–H and O–H groups in total. The van der Waals surface area contributed by atoms with Gasteiger partial charge < -0.3 is 15.0 Å². The first-order valence-corrected chi connectivity index (χ1v) is 10.3. The van der Waals surface area contributed by atoms with Crippen LogP contribution in [0.3, 0.4) is 0 Å². The predicted octanol–water partition coefficient (Wildman–Crippen LogP) is 2.51. The molecule has 0 aliphatic carbocycles. The Balaban J connectivity index is 1.43. The SMILES string of the molecule is O=C(NC1CCOCC1)c1cnn2ccc(N3CCCC3c3cncc(F)c3)nc12.